The molecule has 0 fully saturated rings. The molecule has 6 nitrogen and oxygen atoms in total. The minimum atomic E-state index is -0.566. The summed E-state index contributed by atoms with van der Waals surface area (Å²) in [7, 11) is 0. The van der Waals surface area contributed by atoms with E-state index in [1.54, 1.807) is 12.1 Å². The van der Waals surface area contributed by atoms with Gasteiger partial charge in [-0.05, 0) is 83.1 Å². The summed E-state index contributed by atoms with van der Waals surface area (Å²) in [6, 6.07) is 19.5. The third kappa shape index (κ3) is 5.79. The number of hydrogen-bond donors (Lipinski definition) is 2. The Labute approximate surface area is 227 Å². The molecule has 1 aliphatic heterocycles. The fraction of sp³-hybridized carbons (Fsp3) is 0.192. The lowest BCUT2D eigenvalue weighted by Gasteiger charge is -2.37. The molecule has 2 amide bonds. The van der Waals surface area contributed by atoms with Gasteiger partial charge in [0.05, 0.1) is 17.3 Å². The molecule has 4 rings (SSSR count). The van der Waals surface area contributed by atoms with E-state index in [4.69, 9.17) is 33.9 Å². The number of carbonyl (C=O) groups is 2. The third-order valence-electron chi connectivity index (χ3n) is 5.83. The van der Waals surface area contributed by atoms with Gasteiger partial charge in [-0.25, -0.2) is 4.99 Å². The van der Waals surface area contributed by atoms with Gasteiger partial charge in [-0.3, -0.25) is 9.59 Å². The highest BCUT2D eigenvalue weighted by atomic mass is 127. The first-order valence-electron chi connectivity index (χ1n) is 11.0. The number of carbonyl (C=O) groups excluding carboxylic acids is 2. The molecule has 3 N–H and O–H groups in total. The molecule has 0 spiro atoms. The summed E-state index contributed by atoms with van der Waals surface area (Å²) in [4.78, 5) is 32.3. The number of nitrogens with two attached hydrogens (primary N) is 1. The summed E-state index contributed by atoms with van der Waals surface area (Å²) in [6.45, 7) is 2.26. The Bertz CT molecular complexity index is 1280. The molecule has 0 bridgehead atoms. The van der Waals surface area contributed by atoms with Gasteiger partial charge in [0.15, 0.2) is 0 Å². The van der Waals surface area contributed by atoms with Crippen LogP contribution in [0.5, 0.6) is 0 Å². The number of halogens is 3. The van der Waals surface area contributed by atoms with E-state index >= 15 is 0 Å². The van der Waals surface area contributed by atoms with Gasteiger partial charge in [-0.15, -0.1) is 0 Å². The number of rotatable bonds is 6. The highest BCUT2D eigenvalue weighted by Crippen LogP contribution is 2.39. The van der Waals surface area contributed by atoms with Crippen LogP contribution in [-0.4, -0.2) is 29.1 Å². The minimum Gasteiger partial charge on any atom is -0.371 e. The highest BCUT2D eigenvalue weighted by Gasteiger charge is 2.38. The summed E-state index contributed by atoms with van der Waals surface area (Å²) in [6.07, 6.45) is 0.132. The second-order valence-electron chi connectivity index (χ2n) is 8.20. The second-order valence-corrected chi connectivity index (χ2v) is 10.3. The van der Waals surface area contributed by atoms with Crippen molar-refractivity contribution in [2.24, 2.45) is 10.7 Å². The number of amides is 2. The molecule has 0 aliphatic carbocycles. The van der Waals surface area contributed by atoms with Crippen LogP contribution in [0, 0.1) is 3.57 Å². The maximum Gasteiger partial charge on any atom is 0.257 e. The number of fused-ring (bicyclic) bond motifs is 1. The molecule has 35 heavy (non-hydrogen) atoms. The molecular formula is C26H23Cl2IN4O2. The number of aliphatic imine (C=N–C) groups is 1. The average molecular weight is 621 g/mol. The van der Waals surface area contributed by atoms with Crippen LogP contribution in [0.15, 0.2) is 71.7 Å². The van der Waals surface area contributed by atoms with Crippen LogP contribution in [-0.2, 0) is 4.79 Å². The fourth-order valence-corrected chi connectivity index (χ4v) is 4.81. The lowest BCUT2D eigenvalue weighted by Crippen LogP contribution is -2.44. The third-order valence-corrected chi connectivity index (χ3v) is 7.01. The maximum atomic E-state index is 14.1. The summed E-state index contributed by atoms with van der Waals surface area (Å²) < 4.78 is 0.928. The largest absolute Gasteiger partial charge is 0.371 e. The lowest BCUT2D eigenvalue weighted by atomic mass is 9.98. The van der Waals surface area contributed by atoms with E-state index in [2.05, 4.69) is 27.9 Å². The first kappa shape index (κ1) is 25.5. The van der Waals surface area contributed by atoms with Crippen LogP contribution in [0.3, 0.4) is 0 Å². The SMILES string of the molecule is C[C@H](c1ccc(Cl)cc1)N1C(=O)c2cc(I)ccc2N=C(NCCC(N)=O)C1c1ccc(Cl)cc1. The van der Waals surface area contributed by atoms with Gasteiger partial charge in [0.1, 0.15) is 11.9 Å². The fourth-order valence-electron chi connectivity index (χ4n) is 4.07. The van der Waals surface area contributed by atoms with Gasteiger partial charge in [0.2, 0.25) is 5.91 Å². The first-order valence-corrected chi connectivity index (χ1v) is 12.8. The number of nitrogens with zero attached hydrogens (tertiary/aromatic N) is 2. The van der Waals surface area contributed by atoms with Crippen molar-refractivity contribution in [2.75, 3.05) is 6.54 Å². The van der Waals surface area contributed by atoms with Crippen LogP contribution in [0.25, 0.3) is 0 Å². The van der Waals surface area contributed by atoms with Gasteiger partial charge < -0.3 is 16.0 Å². The number of primary amides is 1. The van der Waals surface area contributed by atoms with Crippen LogP contribution < -0.4 is 11.1 Å². The van der Waals surface area contributed by atoms with Crippen LogP contribution in [0.1, 0.15) is 46.9 Å². The summed E-state index contributed by atoms with van der Waals surface area (Å²) in [5, 5.41) is 4.48. The molecule has 180 valence electrons. The normalized spacial score (nSPS) is 16.2. The number of amidine groups is 1. The topological polar surface area (TPSA) is 87.8 Å². The smallest absolute Gasteiger partial charge is 0.257 e. The summed E-state index contributed by atoms with van der Waals surface area (Å²) in [5.41, 5.74) is 8.18. The van der Waals surface area contributed by atoms with Gasteiger partial charge in [0.25, 0.3) is 5.91 Å². The molecule has 0 saturated carbocycles. The van der Waals surface area contributed by atoms with Crippen molar-refractivity contribution in [3.63, 3.8) is 0 Å². The lowest BCUT2D eigenvalue weighted by molar-refractivity contribution is -0.117. The molecule has 2 atom stereocenters. The Morgan fingerprint density at radius 3 is 2.34 bits per heavy atom. The molecule has 3 aromatic rings. The van der Waals surface area contributed by atoms with E-state index < -0.39 is 11.9 Å². The van der Waals surface area contributed by atoms with Crippen molar-refractivity contribution in [1.29, 1.82) is 0 Å². The Balaban J connectivity index is 1.90. The Morgan fingerprint density at radius 2 is 1.71 bits per heavy atom. The zero-order chi connectivity index (χ0) is 25.1. The molecule has 9 heteroatoms. The predicted octanol–water partition coefficient (Wildman–Crippen LogP) is 6.05. The van der Waals surface area contributed by atoms with Crippen molar-refractivity contribution in [3.05, 3.63) is 97.0 Å². The zero-order valence-electron chi connectivity index (χ0n) is 18.8. The maximum absolute atomic E-state index is 14.1. The van der Waals surface area contributed by atoms with Gasteiger partial charge in [-0.1, -0.05) is 47.5 Å². The highest BCUT2D eigenvalue weighted by molar-refractivity contribution is 14.1. The molecule has 0 saturated heterocycles. The van der Waals surface area contributed by atoms with Crippen molar-refractivity contribution in [2.45, 2.75) is 25.4 Å². The predicted molar refractivity (Wildman–Crippen MR) is 148 cm³/mol. The number of nitrogens with one attached hydrogen (secondary N) is 1. The van der Waals surface area contributed by atoms with E-state index in [1.807, 2.05) is 66.4 Å². The molecule has 3 aromatic carbocycles. The zero-order valence-corrected chi connectivity index (χ0v) is 22.5. The van der Waals surface area contributed by atoms with Crippen molar-refractivity contribution in [1.82, 2.24) is 10.2 Å². The first-order chi connectivity index (χ1) is 16.7. The minimum absolute atomic E-state index is 0.132. The molecular weight excluding hydrogens is 598 g/mol. The molecule has 1 aliphatic rings. The van der Waals surface area contributed by atoms with E-state index in [1.165, 1.54) is 0 Å². The van der Waals surface area contributed by atoms with Gasteiger partial charge in [0, 0.05) is 26.6 Å². The number of hydrogen-bond acceptors (Lipinski definition) is 4. The van der Waals surface area contributed by atoms with Crippen molar-refractivity contribution < 1.29 is 9.59 Å². The Morgan fingerprint density at radius 1 is 1.09 bits per heavy atom. The quantitative estimate of drug-likeness (QED) is 0.329. The van der Waals surface area contributed by atoms with E-state index in [0.29, 0.717) is 27.1 Å². The molecule has 1 unspecified atom stereocenters. The standard InChI is InChI=1S/C26H23Cl2IN4O2/c1-15(16-2-6-18(27)7-3-16)33-24(17-4-8-19(28)9-5-17)25(31-13-12-23(30)34)32-22-11-10-20(29)14-21(22)26(33)35/h2-11,14-15,24H,12-13H2,1H3,(H2,30,34)(H,31,32)/t15-,24?/m1/s1. The Kier molecular flexibility index (Phi) is 7.98. The van der Waals surface area contributed by atoms with Gasteiger partial charge >= 0.3 is 0 Å². The molecule has 0 radical (unpaired) electrons. The summed E-state index contributed by atoms with van der Waals surface area (Å²) in [5.74, 6) is -0.0359. The average Bonchev–Trinajstić information content (AvgIpc) is 2.94. The Hall–Kier alpha value is -2.62. The van der Waals surface area contributed by atoms with Crippen LogP contribution in [0.4, 0.5) is 5.69 Å². The second kappa shape index (κ2) is 11.0. The molecule has 0 aromatic heterocycles. The van der Waals surface area contributed by atoms with E-state index in [0.717, 1.165) is 14.7 Å². The van der Waals surface area contributed by atoms with Crippen molar-refractivity contribution >= 4 is 69.1 Å². The van der Waals surface area contributed by atoms with Crippen LogP contribution in [0.2, 0.25) is 10.0 Å². The van der Waals surface area contributed by atoms with Crippen molar-refractivity contribution in [3.8, 4) is 0 Å². The number of benzene rings is 3. The van der Waals surface area contributed by atoms with Crippen LogP contribution >= 0.6 is 45.8 Å². The summed E-state index contributed by atoms with van der Waals surface area (Å²) >= 11 is 14.5. The monoisotopic (exact) mass is 620 g/mol. The van der Waals surface area contributed by atoms with E-state index in [-0.39, 0.29) is 24.9 Å². The van der Waals surface area contributed by atoms with Gasteiger partial charge in [-0.2, -0.15) is 0 Å². The molecule has 1 heterocycles. The van der Waals surface area contributed by atoms with E-state index in [9.17, 15) is 9.59 Å².